The number of hydrogen-bond donors (Lipinski definition) is 3. The van der Waals surface area contributed by atoms with Crippen LogP contribution in [0.2, 0.25) is 0 Å². The summed E-state index contributed by atoms with van der Waals surface area (Å²) in [5.74, 6) is -7.44. The van der Waals surface area contributed by atoms with E-state index in [1.165, 1.54) is 12.1 Å². The predicted molar refractivity (Wildman–Crippen MR) is 138 cm³/mol. The lowest BCUT2D eigenvalue weighted by atomic mass is 9.66. The van der Waals surface area contributed by atoms with Crippen LogP contribution in [0.4, 0.5) is 0 Å². The van der Waals surface area contributed by atoms with Crippen LogP contribution in [-0.4, -0.2) is 92.4 Å². The second-order valence-corrected chi connectivity index (χ2v) is 10.6. The van der Waals surface area contributed by atoms with Crippen LogP contribution >= 0.6 is 0 Å². The third-order valence-corrected chi connectivity index (χ3v) is 8.28. The molecule has 0 unspecified atom stereocenters. The summed E-state index contributed by atoms with van der Waals surface area (Å²) in [6, 6.07) is 4.97. The van der Waals surface area contributed by atoms with Crippen LogP contribution in [-0.2, 0) is 28.5 Å². The number of benzene rings is 2. The average molecular weight is 596 g/mol. The van der Waals surface area contributed by atoms with Crippen molar-refractivity contribution in [3.8, 4) is 28.7 Å². The van der Waals surface area contributed by atoms with Crippen molar-refractivity contribution in [3.05, 3.63) is 41.0 Å². The lowest BCUT2D eigenvalue weighted by Crippen LogP contribution is -2.63. The van der Waals surface area contributed by atoms with Gasteiger partial charge in [0.1, 0.15) is 24.4 Å². The number of phenols is 1. The topological polar surface area (TPSA) is 161 Å². The largest absolute Gasteiger partial charge is 0.502 e. The molecular formula is C29H32O13. The lowest BCUT2D eigenvalue weighted by Gasteiger charge is -2.47. The Kier molecular flexibility index (Phi) is 5.11. The van der Waals surface area contributed by atoms with Gasteiger partial charge in [-0.2, -0.15) is 0 Å². The van der Waals surface area contributed by atoms with E-state index in [9.17, 15) is 21.5 Å². The molecule has 1 aliphatic carbocycles. The number of cyclic esters (lactones) is 1. The van der Waals surface area contributed by atoms with Gasteiger partial charge in [0.15, 0.2) is 35.6 Å². The van der Waals surface area contributed by atoms with Gasteiger partial charge in [0.25, 0.3) is 0 Å². The van der Waals surface area contributed by atoms with E-state index in [2.05, 4.69) is 0 Å². The number of esters is 1. The highest BCUT2D eigenvalue weighted by atomic mass is 16.8. The monoisotopic (exact) mass is 595 g/mol. The molecule has 10 atom stereocenters. The van der Waals surface area contributed by atoms with E-state index in [1.54, 1.807) is 6.92 Å². The van der Waals surface area contributed by atoms with Crippen LogP contribution in [0.1, 0.15) is 45.2 Å². The van der Waals surface area contributed by atoms with Gasteiger partial charge in [0.05, 0.1) is 47.5 Å². The SMILES string of the molecule is [2H]C([2H])([2H])Oc1cc([C@]2([2H])c3cc4c(cc3[C@@H](O[C@@H]3O[C@@H]5CO[C@@H](C)O[C@H]5[C@H](O)[C@H]3O)[C@H]3COC(=O)[C@@H]32)OCO4)cc(OC([2H])([2H])[2H])c1O. The summed E-state index contributed by atoms with van der Waals surface area (Å²) >= 11 is 0. The van der Waals surface area contributed by atoms with Gasteiger partial charge in [-0.3, -0.25) is 4.79 Å². The highest BCUT2D eigenvalue weighted by Gasteiger charge is 2.56. The number of ether oxygens (including phenoxy) is 9. The number of phenolic OH excluding ortho intramolecular Hbond substituents is 1. The molecule has 7 rings (SSSR count). The zero-order valence-electron chi connectivity index (χ0n) is 29.1. The van der Waals surface area contributed by atoms with Crippen LogP contribution in [0.15, 0.2) is 24.3 Å². The molecule has 3 saturated heterocycles. The van der Waals surface area contributed by atoms with Crippen LogP contribution in [0.5, 0.6) is 28.7 Å². The predicted octanol–water partition coefficient (Wildman–Crippen LogP) is 1.34. The fourth-order valence-electron chi connectivity index (χ4n) is 6.32. The van der Waals surface area contributed by atoms with Crippen molar-refractivity contribution in [2.45, 2.75) is 55.9 Å². The first-order valence-electron chi connectivity index (χ1n) is 16.7. The Morgan fingerprint density at radius 2 is 1.67 bits per heavy atom. The number of carbonyl (C=O) groups is 1. The molecule has 2 aromatic rings. The Balaban J connectivity index is 1.37. The van der Waals surface area contributed by atoms with E-state index >= 15 is 0 Å². The maximum atomic E-state index is 13.6. The van der Waals surface area contributed by atoms with Crippen LogP contribution in [0, 0.1) is 11.8 Å². The standard InChI is InChI=1S/C29H32O13/c1-11-36-9-20-27(40-11)24(31)25(32)29(41-20)42-26-14-7-17-16(38-10-39-17)6-13(14)21(22-15(26)8-37-28(22)33)12-4-18(34-2)23(30)19(5-12)35-3/h4-7,11,15,20-22,24-27,29-32H,8-10H2,1-3H3/t11-,15+,20-,21-,22+,24-,25-,26-,27-,29+/m1/s1/i2D3,3D3,21D. The Bertz CT molecular complexity index is 1600. The van der Waals surface area contributed by atoms with E-state index in [4.69, 9.17) is 50.9 Å². The van der Waals surface area contributed by atoms with Crippen LogP contribution in [0.3, 0.4) is 0 Å². The molecule has 0 aromatic heterocycles. The number of rotatable bonds is 5. The third-order valence-electron chi connectivity index (χ3n) is 8.28. The molecule has 4 heterocycles. The molecule has 5 aliphatic rings. The first-order chi connectivity index (χ1) is 22.9. The summed E-state index contributed by atoms with van der Waals surface area (Å²) in [5.41, 5.74) is 0.115. The first-order valence-corrected chi connectivity index (χ1v) is 13.2. The van der Waals surface area contributed by atoms with Gasteiger partial charge >= 0.3 is 5.97 Å². The molecule has 13 nitrogen and oxygen atoms in total. The molecule has 226 valence electrons. The van der Waals surface area contributed by atoms with E-state index in [-0.39, 0.29) is 48.2 Å². The Morgan fingerprint density at radius 3 is 2.38 bits per heavy atom. The Hall–Kier alpha value is -3.33. The summed E-state index contributed by atoms with van der Waals surface area (Å²) in [6.45, 7) is 1.21. The molecule has 0 bridgehead atoms. The lowest BCUT2D eigenvalue weighted by molar-refractivity contribution is -0.364. The minimum atomic E-state index is -3.12. The van der Waals surface area contributed by atoms with Crippen molar-refractivity contribution in [3.63, 3.8) is 0 Å². The van der Waals surface area contributed by atoms with Gasteiger partial charge in [-0.05, 0) is 47.9 Å². The number of fused-ring (bicyclic) bond motifs is 4. The zero-order chi connectivity index (χ0) is 35.2. The molecular weight excluding hydrogens is 556 g/mol. The number of carbonyl (C=O) groups excluding carboxylic acids is 1. The molecule has 0 spiro atoms. The van der Waals surface area contributed by atoms with Crippen molar-refractivity contribution in [1.82, 2.24) is 0 Å². The maximum absolute atomic E-state index is 13.6. The van der Waals surface area contributed by atoms with Crippen LogP contribution < -0.4 is 18.9 Å². The maximum Gasteiger partial charge on any atom is 0.310 e. The quantitative estimate of drug-likeness (QED) is 0.425. The fraction of sp³-hybridized carbons (Fsp3) is 0.552. The van der Waals surface area contributed by atoms with Gasteiger partial charge in [-0.1, -0.05) is 0 Å². The smallest absolute Gasteiger partial charge is 0.310 e. The molecule has 4 aliphatic heterocycles. The van der Waals surface area contributed by atoms with E-state index in [0.717, 1.165) is 12.1 Å². The molecule has 0 amide bonds. The summed E-state index contributed by atoms with van der Waals surface area (Å²) in [6.07, 6.45) is -8.04. The minimum absolute atomic E-state index is 0.0288. The Morgan fingerprint density at radius 1 is 0.952 bits per heavy atom. The van der Waals surface area contributed by atoms with Crippen molar-refractivity contribution in [1.29, 1.82) is 0 Å². The van der Waals surface area contributed by atoms with Crippen molar-refractivity contribution >= 4 is 5.97 Å². The zero-order valence-corrected chi connectivity index (χ0v) is 22.1. The van der Waals surface area contributed by atoms with Crippen LogP contribution in [0.25, 0.3) is 0 Å². The summed E-state index contributed by atoms with van der Waals surface area (Å²) < 4.78 is 106. The molecule has 0 radical (unpaired) electrons. The second-order valence-electron chi connectivity index (χ2n) is 10.6. The molecule has 42 heavy (non-hydrogen) atoms. The molecule has 3 N–H and O–H groups in total. The van der Waals surface area contributed by atoms with Gasteiger partial charge < -0.3 is 58.0 Å². The first kappa shape index (κ1) is 20.6. The van der Waals surface area contributed by atoms with Gasteiger partial charge in [-0.15, -0.1) is 0 Å². The number of methoxy groups -OCH3 is 2. The summed E-state index contributed by atoms with van der Waals surface area (Å²) in [5, 5.41) is 32.9. The van der Waals surface area contributed by atoms with Gasteiger partial charge in [0, 0.05) is 13.2 Å². The normalized spacial score (nSPS) is 41.3. The highest BCUT2D eigenvalue weighted by Crippen LogP contribution is 2.57. The van der Waals surface area contributed by atoms with Gasteiger partial charge in [-0.25, -0.2) is 0 Å². The molecule has 13 heteroatoms. The molecule has 0 saturated carbocycles. The van der Waals surface area contributed by atoms with Crippen molar-refractivity contribution < 1.29 is 72.3 Å². The van der Waals surface area contributed by atoms with Crippen molar-refractivity contribution in [2.24, 2.45) is 11.8 Å². The van der Waals surface area contributed by atoms with E-state index < -0.39 is 98.1 Å². The van der Waals surface area contributed by atoms with Gasteiger partial charge in [0.2, 0.25) is 12.5 Å². The number of aliphatic hydroxyl groups excluding tert-OH is 2. The van der Waals surface area contributed by atoms with E-state index in [1.807, 2.05) is 0 Å². The second kappa shape index (κ2) is 10.4. The minimum Gasteiger partial charge on any atom is -0.502 e. The third kappa shape index (κ3) is 4.26. The summed E-state index contributed by atoms with van der Waals surface area (Å²) in [7, 11) is -6.24. The number of aromatic hydroxyl groups is 1. The molecule has 3 fully saturated rings. The number of aliphatic hydroxyl groups is 2. The Labute approximate surface area is 250 Å². The molecule has 2 aromatic carbocycles. The van der Waals surface area contributed by atoms with Crippen molar-refractivity contribution in [2.75, 3.05) is 34.1 Å². The average Bonchev–Trinajstić information content (AvgIpc) is 3.64. The highest BCUT2D eigenvalue weighted by molar-refractivity contribution is 5.79. The number of hydrogen-bond acceptors (Lipinski definition) is 13. The van der Waals surface area contributed by atoms with E-state index in [0.29, 0.717) is 0 Å². The fourth-order valence-corrected chi connectivity index (χ4v) is 6.32. The summed E-state index contributed by atoms with van der Waals surface area (Å²) in [4.78, 5) is 13.6.